The highest BCUT2D eigenvalue weighted by atomic mass is 35.5. The zero-order valence-corrected chi connectivity index (χ0v) is 17.7. The Morgan fingerprint density at radius 1 is 1.14 bits per heavy atom. The quantitative estimate of drug-likeness (QED) is 0.691. The standard InChI is InChI=1S/C20H24ClN3O4S/c1-2-23-8-10-24(11-9-23)19-7-6-16(20(25)26)13-18(19)22-29(27,28)14-15-4-3-5-17(21)12-15/h3-7,12-13,22H,2,8-11,14H2,1H3,(H,25,26). The lowest BCUT2D eigenvalue weighted by atomic mass is 10.1. The predicted molar refractivity (Wildman–Crippen MR) is 115 cm³/mol. The van der Waals surface area contributed by atoms with Crippen LogP contribution in [-0.2, 0) is 15.8 Å². The number of nitrogens with zero attached hydrogens (tertiary/aromatic N) is 2. The first-order chi connectivity index (χ1) is 13.8. The number of sulfonamides is 1. The molecule has 1 aliphatic rings. The van der Waals surface area contributed by atoms with E-state index < -0.39 is 16.0 Å². The van der Waals surface area contributed by atoms with Gasteiger partial charge in [0.2, 0.25) is 10.0 Å². The summed E-state index contributed by atoms with van der Waals surface area (Å²) in [6, 6.07) is 11.2. The molecule has 1 heterocycles. The van der Waals surface area contributed by atoms with Gasteiger partial charge in [-0.2, -0.15) is 0 Å². The van der Waals surface area contributed by atoms with Crippen molar-refractivity contribution >= 4 is 39.0 Å². The maximum atomic E-state index is 12.8. The Morgan fingerprint density at radius 2 is 1.86 bits per heavy atom. The number of hydrogen-bond donors (Lipinski definition) is 2. The number of likely N-dealkylation sites (N-methyl/N-ethyl adjacent to an activating group) is 1. The Kier molecular flexibility index (Phi) is 6.66. The van der Waals surface area contributed by atoms with Gasteiger partial charge in [-0.15, -0.1) is 0 Å². The lowest BCUT2D eigenvalue weighted by Gasteiger charge is -2.36. The van der Waals surface area contributed by atoms with Crippen LogP contribution in [0.4, 0.5) is 11.4 Å². The maximum Gasteiger partial charge on any atom is 0.335 e. The molecule has 1 fully saturated rings. The molecule has 29 heavy (non-hydrogen) atoms. The topological polar surface area (TPSA) is 89.9 Å². The molecule has 0 amide bonds. The molecule has 0 bridgehead atoms. The SMILES string of the molecule is CCN1CCN(c2ccc(C(=O)O)cc2NS(=O)(=O)Cc2cccc(Cl)c2)CC1. The number of aromatic carboxylic acids is 1. The summed E-state index contributed by atoms with van der Waals surface area (Å²) in [6.07, 6.45) is 0. The first-order valence-electron chi connectivity index (χ1n) is 9.37. The van der Waals surface area contributed by atoms with Gasteiger partial charge in [0.05, 0.1) is 22.7 Å². The zero-order valence-electron chi connectivity index (χ0n) is 16.1. The molecule has 3 rings (SSSR count). The summed E-state index contributed by atoms with van der Waals surface area (Å²) in [5, 5.41) is 9.79. The number of carbonyl (C=O) groups is 1. The second-order valence-corrected chi connectivity index (χ2v) is 9.11. The Morgan fingerprint density at radius 3 is 2.48 bits per heavy atom. The largest absolute Gasteiger partial charge is 0.478 e. The smallest absolute Gasteiger partial charge is 0.335 e. The van der Waals surface area contributed by atoms with Gasteiger partial charge in [0.25, 0.3) is 0 Å². The van der Waals surface area contributed by atoms with Crippen LogP contribution in [0.5, 0.6) is 0 Å². The minimum Gasteiger partial charge on any atom is -0.478 e. The molecule has 0 saturated carbocycles. The van der Waals surface area contributed by atoms with Crippen molar-refractivity contribution in [1.29, 1.82) is 0 Å². The molecule has 156 valence electrons. The summed E-state index contributed by atoms with van der Waals surface area (Å²) < 4.78 is 28.1. The monoisotopic (exact) mass is 437 g/mol. The van der Waals surface area contributed by atoms with Crippen molar-refractivity contribution in [3.63, 3.8) is 0 Å². The Balaban J connectivity index is 1.87. The van der Waals surface area contributed by atoms with Gasteiger partial charge in [-0.1, -0.05) is 30.7 Å². The molecule has 2 aromatic rings. The summed E-state index contributed by atoms with van der Waals surface area (Å²) in [6.45, 7) is 6.28. The van der Waals surface area contributed by atoms with Crippen molar-refractivity contribution in [3.05, 3.63) is 58.6 Å². The molecule has 1 aliphatic heterocycles. The number of anilines is 2. The van der Waals surface area contributed by atoms with E-state index in [4.69, 9.17) is 11.6 Å². The number of nitrogens with one attached hydrogen (secondary N) is 1. The minimum atomic E-state index is -3.76. The van der Waals surface area contributed by atoms with E-state index in [0.717, 1.165) is 32.7 Å². The number of halogens is 1. The van der Waals surface area contributed by atoms with E-state index in [2.05, 4.69) is 21.4 Å². The molecule has 0 radical (unpaired) electrons. The molecule has 7 nitrogen and oxygen atoms in total. The fourth-order valence-electron chi connectivity index (χ4n) is 3.38. The molecule has 1 saturated heterocycles. The van der Waals surface area contributed by atoms with Crippen molar-refractivity contribution in [2.75, 3.05) is 42.3 Å². The van der Waals surface area contributed by atoms with E-state index in [1.165, 1.54) is 12.1 Å². The summed E-state index contributed by atoms with van der Waals surface area (Å²) >= 11 is 5.95. The second-order valence-electron chi connectivity index (χ2n) is 6.95. The van der Waals surface area contributed by atoms with E-state index in [0.29, 0.717) is 16.3 Å². The van der Waals surface area contributed by atoms with Gasteiger partial charge in [0.1, 0.15) is 0 Å². The van der Waals surface area contributed by atoms with Crippen LogP contribution in [0, 0.1) is 0 Å². The van der Waals surface area contributed by atoms with Gasteiger partial charge < -0.3 is 14.9 Å². The Bertz CT molecular complexity index is 989. The van der Waals surface area contributed by atoms with E-state index in [1.807, 2.05) is 0 Å². The highest BCUT2D eigenvalue weighted by Crippen LogP contribution is 2.30. The third-order valence-corrected chi connectivity index (χ3v) is 6.39. The van der Waals surface area contributed by atoms with E-state index in [1.54, 1.807) is 30.3 Å². The number of carboxylic acid groups (broad SMARTS) is 1. The first-order valence-corrected chi connectivity index (χ1v) is 11.4. The first kappa shape index (κ1) is 21.4. The highest BCUT2D eigenvalue weighted by Gasteiger charge is 2.22. The summed E-state index contributed by atoms with van der Waals surface area (Å²) in [4.78, 5) is 15.8. The van der Waals surface area contributed by atoms with Gasteiger partial charge in [-0.3, -0.25) is 4.72 Å². The molecular formula is C20H24ClN3O4S. The molecule has 0 atom stereocenters. The van der Waals surface area contributed by atoms with Crippen LogP contribution in [0.1, 0.15) is 22.8 Å². The van der Waals surface area contributed by atoms with Crippen LogP contribution in [-0.4, -0.2) is 57.1 Å². The molecular weight excluding hydrogens is 414 g/mol. The fraction of sp³-hybridized carbons (Fsp3) is 0.350. The van der Waals surface area contributed by atoms with Crippen LogP contribution < -0.4 is 9.62 Å². The molecule has 0 spiro atoms. The number of hydrogen-bond acceptors (Lipinski definition) is 5. The summed E-state index contributed by atoms with van der Waals surface area (Å²) in [7, 11) is -3.76. The third-order valence-electron chi connectivity index (χ3n) is 4.91. The lowest BCUT2D eigenvalue weighted by molar-refractivity contribution is 0.0697. The van der Waals surface area contributed by atoms with Gasteiger partial charge in [0.15, 0.2) is 0 Å². The van der Waals surface area contributed by atoms with Crippen molar-refractivity contribution in [3.8, 4) is 0 Å². The Hall–Kier alpha value is -2.29. The van der Waals surface area contributed by atoms with Gasteiger partial charge >= 0.3 is 5.97 Å². The predicted octanol–water partition coefficient (Wildman–Crippen LogP) is 3.12. The highest BCUT2D eigenvalue weighted by molar-refractivity contribution is 7.91. The maximum absolute atomic E-state index is 12.8. The van der Waals surface area contributed by atoms with Gasteiger partial charge in [0, 0.05) is 31.2 Å². The third kappa shape index (κ3) is 5.62. The molecule has 2 aromatic carbocycles. The second kappa shape index (κ2) is 9.02. The van der Waals surface area contributed by atoms with Crippen molar-refractivity contribution in [1.82, 2.24) is 4.90 Å². The number of piperazine rings is 1. The van der Waals surface area contributed by atoms with Crippen molar-refractivity contribution in [2.24, 2.45) is 0 Å². The summed E-state index contributed by atoms with van der Waals surface area (Å²) in [5.41, 5.74) is 1.54. The Labute approximate surface area is 175 Å². The molecule has 0 aliphatic carbocycles. The van der Waals surface area contributed by atoms with Crippen LogP contribution in [0.15, 0.2) is 42.5 Å². The molecule has 0 unspecified atom stereocenters. The molecule has 9 heteroatoms. The van der Waals surface area contributed by atoms with Crippen LogP contribution in [0.3, 0.4) is 0 Å². The fourth-order valence-corrected chi connectivity index (χ4v) is 4.78. The lowest BCUT2D eigenvalue weighted by Crippen LogP contribution is -2.46. The average Bonchev–Trinajstić information content (AvgIpc) is 2.67. The van der Waals surface area contributed by atoms with Crippen molar-refractivity contribution < 1.29 is 18.3 Å². The van der Waals surface area contributed by atoms with Gasteiger partial charge in [-0.25, -0.2) is 13.2 Å². The number of rotatable bonds is 7. The van der Waals surface area contributed by atoms with E-state index >= 15 is 0 Å². The van der Waals surface area contributed by atoms with Crippen molar-refractivity contribution in [2.45, 2.75) is 12.7 Å². The average molecular weight is 438 g/mol. The zero-order chi connectivity index (χ0) is 21.0. The number of carboxylic acids is 1. The number of benzene rings is 2. The molecule has 0 aromatic heterocycles. The molecule has 2 N–H and O–H groups in total. The van der Waals surface area contributed by atoms with Gasteiger partial charge in [-0.05, 0) is 42.4 Å². The van der Waals surface area contributed by atoms with Crippen LogP contribution in [0.2, 0.25) is 5.02 Å². The van der Waals surface area contributed by atoms with Crippen LogP contribution in [0.25, 0.3) is 0 Å². The van der Waals surface area contributed by atoms with Crippen LogP contribution >= 0.6 is 11.6 Å². The van der Waals surface area contributed by atoms with E-state index in [9.17, 15) is 18.3 Å². The van der Waals surface area contributed by atoms with E-state index in [-0.39, 0.29) is 17.0 Å². The minimum absolute atomic E-state index is 0.0291. The normalized spacial score (nSPS) is 15.3. The summed E-state index contributed by atoms with van der Waals surface area (Å²) in [5.74, 6) is -1.36.